The Bertz CT molecular complexity index is 886. The normalized spacial score (nSPS) is 12.0. The Labute approximate surface area is 189 Å². The fourth-order valence-electron chi connectivity index (χ4n) is 1.64. The third kappa shape index (κ3) is 18.1. The van der Waals surface area contributed by atoms with Gasteiger partial charge in [0, 0.05) is 19.4 Å². The molecule has 0 aliphatic carbocycles. The van der Waals surface area contributed by atoms with E-state index in [0.717, 1.165) is 0 Å². The molecule has 0 amide bonds. The largest absolute Gasteiger partial charge is 0.756 e. The van der Waals surface area contributed by atoms with Gasteiger partial charge in [0.15, 0.2) is 6.10 Å². The number of esters is 2. The van der Waals surface area contributed by atoms with E-state index in [4.69, 9.17) is 14.0 Å². The first kappa shape index (κ1) is 29.2. The van der Waals surface area contributed by atoms with Gasteiger partial charge < -0.3 is 28.7 Å². The lowest BCUT2D eigenvalue weighted by molar-refractivity contribution is -0.228. The van der Waals surface area contributed by atoms with Crippen molar-refractivity contribution in [2.24, 2.45) is 0 Å². The highest BCUT2D eigenvalue weighted by molar-refractivity contribution is 7.45. The molecule has 0 saturated heterocycles. The first-order valence-electron chi connectivity index (χ1n) is 9.85. The number of phosphoric ester groups is 1. The number of rotatable bonds is 12. The minimum atomic E-state index is -4.63. The highest BCUT2D eigenvalue weighted by Gasteiger charge is 2.20. The van der Waals surface area contributed by atoms with Crippen LogP contribution < -0.4 is 10.2 Å². The number of ether oxygens (including phenoxy) is 2. The highest BCUT2D eigenvalue weighted by atomic mass is 31.2. The number of carbonyl (C=O) groups is 2. The van der Waals surface area contributed by atoms with Crippen LogP contribution in [0.1, 0.15) is 39.5 Å². The second-order valence-corrected chi connectivity index (χ2v) is 7.15. The minimum Gasteiger partial charge on any atom is -0.756 e. The molecule has 0 radical (unpaired) electrons. The predicted octanol–water partition coefficient (Wildman–Crippen LogP) is 0.776. The van der Waals surface area contributed by atoms with Gasteiger partial charge in [0.2, 0.25) is 0 Å². The van der Waals surface area contributed by atoms with Gasteiger partial charge in [0.05, 0.1) is 13.2 Å². The number of phosphoric acid groups is 1. The zero-order valence-corrected chi connectivity index (χ0v) is 19.3. The van der Waals surface area contributed by atoms with Crippen LogP contribution in [0.4, 0.5) is 0 Å². The van der Waals surface area contributed by atoms with Crippen molar-refractivity contribution in [2.75, 3.05) is 33.4 Å². The van der Waals surface area contributed by atoms with E-state index in [0.29, 0.717) is 12.8 Å². The van der Waals surface area contributed by atoms with Crippen molar-refractivity contribution in [3.63, 3.8) is 0 Å². The molecule has 0 bridgehead atoms. The third-order valence-corrected chi connectivity index (χ3v) is 4.01. The molecule has 0 rings (SSSR count). The maximum atomic E-state index is 11.9. The Morgan fingerprint density at radius 2 is 1.47 bits per heavy atom. The molecule has 0 aliphatic heterocycles. The lowest BCUT2D eigenvalue weighted by atomic mass is 10.3. The monoisotopic (exact) mass is 464 g/mol. The van der Waals surface area contributed by atoms with Gasteiger partial charge in [-0.05, 0) is 30.7 Å². The van der Waals surface area contributed by atoms with E-state index >= 15 is 0 Å². The van der Waals surface area contributed by atoms with Crippen LogP contribution in [-0.4, -0.2) is 51.5 Å². The first-order chi connectivity index (χ1) is 15.3. The molecule has 0 aliphatic rings. The zero-order valence-electron chi connectivity index (χ0n) is 18.4. The van der Waals surface area contributed by atoms with E-state index in [-0.39, 0.29) is 26.0 Å². The zero-order chi connectivity index (χ0) is 24.1. The summed E-state index contributed by atoms with van der Waals surface area (Å²) in [6.45, 7) is 2.83. The molecular formula is C22H27NO8P-. The van der Waals surface area contributed by atoms with E-state index in [1.165, 1.54) is 0 Å². The summed E-state index contributed by atoms with van der Waals surface area (Å²) < 4.78 is 31.2. The van der Waals surface area contributed by atoms with E-state index in [2.05, 4.69) is 57.2 Å². The standard InChI is InChI=1S/C22H28NO8P/c1-4-6-8-10-12-14-21(24)28-18-20(19-30-32(26,27)29-17-16-23-3)31-22(25)15-13-11-9-7-5-2/h20,23H,4-5,14-19H2,1-3H3,(H,26,27)/p-1. The molecule has 10 heteroatoms. The van der Waals surface area contributed by atoms with E-state index in [9.17, 15) is 19.0 Å². The predicted molar refractivity (Wildman–Crippen MR) is 115 cm³/mol. The molecule has 0 aromatic rings. The van der Waals surface area contributed by atoms with Gasteiger partial charge in [-0.25, -0.2) is 0 Å². The molecule has 1 N–H and O–H groups in total. The summed E-state index contributed by atoms with van der Waals surface area (Å²) in [5.41, 5.74) is 0. The molecule has 2 atom stereocenters. The number of nitrogens with one attached hydrogen (secondary N) is 1. The van der Waals surface area contributed by atoms with Crippen LogP contribution in [-0.2, 0) is 32.7 Å². The van der Waals surface area contributed by atoms with Crippen molar-refractivity contribution >= 4 is 19.8 Å². The van der Waals surface area contributed by atoms with Crippen molar-refractivity contribution in [2.45, 2.75) is 45.6 Å². The van der Waals surface area contributed by atoms with Gasteiger partial charge in [-0.3, -0.25) is 14.2 Å². The van der Waals surface area contributed by atoms with Crippen LogP contribution >= 0.6 is 7.82 Å². The van der Waals surface area contributed by atoms with Gasteiger partial charge in [-0.1, -0.05) is 37.5 Å². The minimum absolute atomic E-state index is 0.134. The fourth-order valence-corrected chi connectivity index (χ4v) is 2.38. The van der Waals surface area contributed by atoms with Gasteiger partial charge in [0.1, 0.15) is 19.4 Å². The molecule has 9 nitrogen and oxygen atoms in total. The Morgan fingerprint density at radius 1 is 0.906 bits per heavy atom. The van der Waals surface area contributed by atoms with E-state index in [1.54, 1.807) is 7.05 Å². The smallest absolute Gasteiger partial charge is 0.318 e. The van der Waals surface area contributed by atoms with Gasteiger partial charge in [-0.15, -0.1) is 0 Å². The first-order valence-corrected chi connectivity index (χ1v) is 11.3. The van der Waals surface area contributed by atoms with Gasteiger partial charge >= 0.3 is 11.9 Å². The molecule has 0 heterocycles. The Balaban J connectivity index is 4.87. The highest BCUT2D eigenvalue weighted by Crippen LogP contribution is 2.38. The summed E-state index contributed by atoms with van der Waals surface area (Å²) in [4.78, 5) is 35.5. The van der Waals surface area contributed by atoms with E-state index < -0.39 is 39.1 Å². The lowest BCUT2D eigenvalue weighted by Gasteiger charge is -2.25. The van der Waals surface area contributed by atoms with Crippen molar-refractivity contribution < 1.29 is 37.6 Å². The van der Waals surface area contributed by atoms with Crippen LogP contribution in [0.15, 0.2) is 0 Å². The lowest BCUT2D eigenvalue weighted by Crippen LogP contribution is -2.30. The average Bonchev–Trinajstić information content (AvgIpc) is 2.75. The van der Waals surface area contributed by atoms with Crippen molar-refractivity contribution in [3.8, 4) is 47.4 Å². The van der Waals surface area contributed by atoms with Crippen LogP contribution in [0, 0.1) is 47.4 Å². The molecule has 0 fully saturated rings. The van der Waals surface area contributed by atoms with Crippen LogP contribution in [0.5, 0.6) is 0 Å². The van der Waals surface area contributed by atoms with Crippen molar-refractivity contribution in [3.05, 3.63) is 0 Å². The Kier molecular flexibility index (Phi) is 17.3. The molecule has 174 valence electrons. The summed E-state index contributed by atoms with van der Waals surface area (Å²) in [6.07, 6.45) is -0.431. The Hall–Kier alpha value is -2.75. The molecule has 0 spiro atoms. The summed E-state index contributed by atoms with van der Waals surface area (Å²) in [6, 6.07) is 0. The maximum Gasteiger partial charge on any atom is 0.318 e. The van der Waals surface area contributed by atoms with Gasteiger partial charge in [0.25, 0.3) is 7.82 Å². The van der Waals surface area contributed by atoms with Crippen LogP contribution in [0.2, 0.25) is 0 Å². The fraction of sp³-hybridized carbons (Fsp3) is 0.545. The third-order valence-electron chi connectivity index (χ3n) is 3.05. The second kappa shape index (κ2) is 19.0. The van der Waals surface area contributed by atoms with Gasteiger partial charge in [-0.2, -0.15) is 0 Å². The maximum absolute atomic E-state index is 11.9. The number of hydrogen-bond acceptors (Lipinski definition) is 9. The number of hydrogen-bond donors (Lipinski definition) is 1. The molecule has 32 heavy (non-hydrogen) atoms. The summed E-state index contributed by atoms with van der Waals surface area (Å²) in [5, 5.41) is 2.71. The molecular weight excluding hydrogens is 437 g/mol. The quantitative estimate of drug-likeness (QED) is 0.193. The molecule has 0 aromatic heterocycles. The summed E-state index contributed by atoms with van der Waals surface area (Å²) >= 11 is 0. The SMILES string of the molecule is CCC#CC#CCC(=O)OCC(COP(=O)([O-])OCCNC)OC(=O)CC#CC#CCC. The number of likely N-dealkylation sites (N-methyl/N-ethyl adjacent to an activating group) is 1. The molecule has 0 aromatic carbocycles. The van der Waals surface area contributed by atoms with E-state index in [1.807, 2.05) is 13.8 Å². The molecule has 2 unspecified atom stereocenters. The Morgan fingerprint density at radius 3 is 2.03 bits per heavy atom. The van der Waals surface area contributed by atoms with Crippen LogP contribution in [0.25, 0.3) is 0 Å². The topological polar surface area (TPSA) is 123 Å². The second-order valence-electron chi connectivity index (χ2n) is 5.74. The summed E-state index contributed by atoms with van der Waals surface area (Å²) in [5.74, 6) is 19.1. The number of carbonyl (C=O) groups excluding carboxylic acids is 2. The van der Waals surface area contributed by atoms with Crippen LogP contribution in [0.3, 0.4) is 0 Å². The molecule has 0 saturated carbocycles. The van der Waals surface area contributed by atoms with Crippen molar-refractivity contribution in [1.82, 2.24) is 5.32 Å². The average molecular weight is 464 g/mol. The van der Waals surface area contributed by atoms with Crippen molar-refractivity contribution in [1.29, 1.82) is 0 Å². The summed E-state index contributed by atoms with van der Waals surface area (Å²) in [7, 11) is -3.01.